The molecule has 0 aliphatic rings. The summed E-state index contributed by atoms with van der Waals surface area (Å²) >= 11 is 0. The maximum absolute atomic E-state index is 12.4. The van der Waals surface area contributed by atoms with Crippen LogP contribution < -0.4 is 15.4 Å². The van der Waals surface area contributed by atoms with Crippen LogP contribution in [-0.2, 0) is 6.42 Å². The molecule has 0 aliphatic heterocycles. The molecule has 1 amide bonds. The summed E-state index contributed by atoms with van der Waals surface area (Å²) in [5.74, 6) is 1.21. The Morgan fingerprint density at radius 2 is 1.75 bits per heavy atom. The smallest absolute Gasteiger partial charge is 0.276 e. The zero-order valence-electron chi connectivity index (χ0n) is 16.3. The maximum Gasteiger partial charge on any atom is 0.276 e. The van der Waals surface area contributed by atoms with Crippen LogP contribution in [0.4, 0.5) is 11.5 Å². The predicted molar refractivity (Wildman–Crippen MR) is 111 cm³/mol. The minimum absolute atomic E-state index is 0.273. The van der Waals surface area contributed by atoms with Crippen molar-refractivity contribution >= 4 is 17.4 Å². The number of amides is 1. The summed E-state index contributed by atoms with van der Waals surface area (Å²) in [5, 5.41) is 14.2. The Bertz CT molecular complexity index is 935. The third-order valence-corrected chi connectivity index (χ3v) is 4.27. The van der Waals surface area contributed by atoms with Gasteiger partial charge in [-0.05, 0) is 67.3 Å². The van der Waals surface area contributed by atoms with Crippen molar-refractivity contribution in [3.8, 4) is 5.75 Å². The van der Waals surface area contributed by atoms with Gasteiger partial charge in [0.25, 0.3) is 5.91 Å². The molecule has 0 fully saturated rings. The molecule has 2 N–H and O–H groups in total. The summed E-state index contributed by atoms with van der Waals surface area (Å²) in [7, 11) is 1.67. The van der Waals surface area contributed by atoms with Crippen LogP contribution in [0.2, 0.25) is 0 Å². The van der Waals surface area contributed by atoms with E-state index in [2.05, 4.69) is 26.9 Å². The molecule has 144 valence electrons. The Morgan fingerprint density at radius 3 is 2.43 bits per heavy atom. The molecule has 2 aromatic carbocycles. The van der Waals surface area contributed by atoms with Crippen molar-refractivity contribution in [1.82, 2.24) is 10.2 Å². The fourth-order valence-corrected chi connectivity index (χ4v) is 3.02. The van der Waals surface area contributed by atoms with Gasteiger partial charge in [0.2, 0.25) is 0 Å². The normalized spacial score (nSPS) is 10.4. The number of nitrogens with zero attached hydrogens (tertiary/aromatic N) is 2. The number of carbonyl (C=O) groups is 1. The molecule has 3 aromatic rings. The fraction of sp³-hybridized carbons (Fsp3) is 0.227. The highest BCUT2D eigenvalue weighted by Gasteiger charge is 2.09. The molecule has 0 bridgehead atoms. The van der Waals surface area contributed by atoms with Crippen LogP contribution in [0.25, 0.3) is 0 Å². The minimum atomic E-state index is -0.280. The van der Waals surface area contributed by atoms with Gasteiger partial charge in [-0.3, -0.25) is 4.79 Å². The monoisotopic (exact) mass is 376 g/mol. The predicted octanol–water partition coefficient (Wildman–Crippen LogP) is 4.01. The van der Waals surface area contributed by atoms with Gasteiger partial charge >= 0.3 is 0 Å². The van der Waals surface area contributed by atoms with Gasteiger partial charge in [-0.1, -0.05) is 24.3 Å². The Kier molecular flexibility index (Phi) is 6.22. The van der Waals surface area contributed by atoms with Crippen molar-refractivity contribution in [2.75, 3.05) is 24.3 Å². The highest BCUT2D eigenvalue weighted by molar-refractivity contribution is 6.02. The molecular formula is C22H24N4O2. The lowest BCUT2D eigenvalue weighted by Crippen LogP contribution is -2.15. The minimum Gasteiger partial charge on any atom is -0.496 e. The molecule has 0 spiro atoms. The van der Waals surface area contributed by atoms with E-state index in [1.807, 2.05) is 50.2 Å². The first-order valence-corrected chi connectivity index (χ1v) is 9.14. The highest BCUT2D eigenvalue weighted by atomic mass is 16.5. The lowest BCUT2D eigenvalue weighted by atomic mass is 10.1. The van der Waals surface area contributed by atoms with Gasteiger partial charge in [0.1, 0.15) is 11.6 Å². The third kappa shape index (κ3) is 5.07. The lowest BCUT2D eigenvalue weighted by Gasteiger charge is -2.09. The van der Waals surface area contributed by atoms with E-state index in [-0.39, 0.29) is 11.6 Å². The second kappa shape index (κ2) is 8.99. The molecule has 1 aromatic heterocycles. The van der Waals surface area contributed by atoms with Gasteiger partial charge in [-0.25, -0.2) is 0 Å². The summed E-state index contributed by atoms with van der Waals surface area (Å²) in [6.07, 6.45) is 0.792. The van der Waals surface area contributed by atoms with Gasteiger partial charge in [-0.2, -0.15) is 0 Å². The van der Waals surface area contributed by atoms with E-state index in [1.165, 1.54) is 0 Å². The largest absolute Gasteiger partial charge is 0.496 e. The van der Waals surface area contributed by atoms with E-state index in [0.29, 0.717) is 12.4 Å². The number of methoxy groups -OCH3 is 1. The molecule has 6 nitrogen and oxygen atoms in total. The van der Waals surface area contributed by atoms with E-state index in [0.717, 1.165) is 34.5 Å². The van der Waals surface area contributed by atoms with Gasteiger partial charge < -0.3 is 15.4 Å². The fourth-order valence-electron chi connectivity index (χ4n) is 3.02. The lowest BCUT2D eigenvalue weighted by molar-refractivity contribution is 0.102. The van der Waals surface area contributed by atoms with E-state index < -0.39 is 0 Å². The summed E-state index contributed by atoms with van der Waals surface area (Å²) < 4.78 is 5.35. The van der Waals surface area contributed by atoms with E-state index in [1.54, 1.807) is 19.2 Å². The van der Waals surface area contributed by atoms with Crippen LogP contribution in [0.1, 0.15) is 27.2 Å². The molecule has 0 radical (unpaired) electrons. The average Bonchev–Trinajstić information content (AvgIpc) is 2.68. The van der Waals surface area contributed by atoms with E-state index in [4.69, 9.17) is 4.74 Å². The number of anilines is 2. The molecule has 0 atom stereocenters. The molecular weight excluding hydrogens is 352 g/mol. The van der Waals surface area contributed by atoms with Crippen molar-refractivity contribution < 1.29 is 9.53 Å². The van der Waals surface area contributed by atoms with Crippen molar-refractivity contribution in [2.45, 2.75) is 20.3 Å². The van der Waals surface area contributed by atoms with Crippen LogP contribution in [0.15, 0.2) is 54.6 Å². The molecule has 28 heavy (non-hydrogen) atoms. The number of hydrogen-bond donors (Lipinski definition) is 2. The molecule has 1 heterocycles. The zero-order valence-corrected chi connectivity index (χ0v) is 16.3. The third-order valence-electron chi connectivity index (χ3n) is 4.27. The summed E-state index contributed by atoms with van der Waals surface area (Å²) in [4.78, 5) is 12.4. The zero-order chi connectivity index (χ0) is 19.9. The molecule has 6 heteroatoms. The van der Waals surface area contributed by atoms with Crippen LogP contribution in [-0.4, -0.2) is 29.8 Å². The number of rotatable bonds is 7. The quantitative estimate of drug-likeness (QED) is 0.652. The second-order valence-corrected chi connectivity index (χ2v) is 6.62. The molecule has 0 aliphatic carbocycles. The number of nitrogens with one attached hydrogen (secondary N) is 2. The maximum atomic E-state index is 12.4. The highest BCUT2D eigenvalue weighted by Crippen LogP contribution is 2.18. The molecule has 0 unspecified atom stereocenters. The first-order valence-electron chi connectivity index (χ1n) is 9.14. The average molecular weight is 376 g/mol. The standard InChI is InChI=1S/C22H24N4O2/c1-15-12-16(2)14-18(13-15)24-22(27)19-8-9-21(26-25-19)23-11-10-17-6-4-5-7-20(17)28-3/h4-9,12-14H,10-11H2,1-3H3,(H,23,26)(H,24,27). The Hall–Kier alpha value is -3.41. The Balaban J connectivity index is 1.56. The van der Waals surface area contributed by atoms with E-state index >= 15 is 0 Å². The Labute approximate surface area is 165 Å². The Morgan fingerprint density at radius 1 is 1.00 bits per heavy atom. The van der Waals surface area contributed by atoms with Crippen LogP contribution in [0.3, 0.4) is 0 Å². The first kappa shape index (κ1) is 19.4. The number of aromatic nitrogens is 2. The summed E-state index contributed by atoms with van der Waals surface area (Å²) in [5.41, 5.74) is 4.33. The SMILES string of the molecule is COc1ccccc1CCNc1ccc(C(=O)Nc2cc(C)cc(C)c2)nn1. The number of benzene rings is 2. The van der Waals surface area contributed by atoms with Crippen LogP contribution in [0, 0.1) is 13.8 Å². The van der Waals surface area contributed by atoms with Crippen LogP contribution in [0.5, 0.6) is 5.75 Å². The molecule has 3 rings (SSSR count). The number of aryl methyl sites for hydroxylation is 2. The molecule has 0 saturated heterocycles. The number of hydrogen-bond acceptors (Lipinski definition) is 5. The van der Waals surface area contributed by atoms with Gasteiger partial charge in [0, 0.05) is 12.2 Å². The van der Waals surface area contributed by atoms with E-state index in [9.17, 15) is 4.79 Å². The van der Waals surface area contributed by atoms with Gasteiger partial charge in [-0.15, -0.1) is 10.2 Å². The van der Waals surface area contributed by atoms with Crippen molar-refractivity contribution in [3.05, 3.63) is 77.0 Å². The van der Waals surface area contributed by atoms with Gasteiger partial charge in [0.05, 0.1) is 7.11 Å². The van der Waals surface area contributed by atoms with Crippen molar-refractivity contribution in [2.24, 2.45) is 0 Å². The second-order valence-electron chi connectivity index (χ2n) is 6.62. The van der Waals surface area contributed by atoms with Gasteiger partial charge in [0.15, 0.2) is 5.69 Å². The molecule has 0 saturated carbocycles. The number of para-hydroxylation sites is 1. The number of carbonyl (C=O) groups excluding carboxylic acids is 1. The van der Waals surface area contributed by atoms with Crippen molar-refractivity contribution in [3.63, 3.8) is 0 Å². The summed E-state index contributed by atoms with van der Waals surface area (Å²) in [6, 6.07) is 17.2. The van der Waals surface area contributed by atoms with Crippen LogP contribution >= 0.6 is 0 Å². The first-order chi connectivity index (χ1) is 13.5. The van der Waals surface area contributed by atoms with Crippen molar-refractivity contribution in [1.29, 1.82) is 0 Å². The summed E-state index contributed by atoms with van der Waals surface area (Å²) in [6.45, 7) is 4.67. The number of ether oxygens (including phenoxy) is 1. The topological polar surface area (TPSA) is 76.1 Å².